The van der Waals surface area contributed by atoms with Crippen molar-refractivity contribution in [3.05, 3.63) is 59.7 Å². The first kappa shape index (κ1) is 20.5. The van der Waals surface area contributed by atoms with E-state index in [0.717, 1.165) is 33.3 Å². The number of rotatable bonds is 6. The fourth-order valence-corrected chi connectivity index (χ4v) is 5.07. The van der Waals surface area contributed by atoms with E-state index < -0.39 is 0 Å². The molecule has 0 aliphatic heterocycles. The summed E-state index contributed by atoms with van der Waals surface area (Å²) in [6, 6.07) is 15.4. The van der Waals surface area contributed by atoms with Crippen molar-refractivity contribution in [1.29, 1.82) is 0 Å². The molecule has 5 heteroatoms. The summed E-state index contributed by atoms with van der Waals surface area (Å²) < 4.78 is 10.2. The Morgan fingerprint density at radius 1 is 0.769 bits per heavy atom. The fourth-order valence-electron chi connectivity index (χ4n) is 1.86. The quantitative estimate of drug-likeness (QED) is 0.513. The summed E-state index contributed by atoms with van der Waals surface area (Å²) in [5.41, 5.74) is 1.94. The summed E-state index contributed by atoms with van der Waals surface area (Å²) in [4.78, 5) is 6.34. The van der Waals surface area contributed by atoms with Crippen LogP contribution >= 0.6 is 0 Å². The molecule has 2 aromatic rings. The van der Waals surface area contributed by atoms with Gasteiger partial charge >= 0.3 is 168 Å². The van der Waals surface area contributed by atoms with Gasteiger partial charge in [0.1, 0.15) is 0 Å². The number of benzene rings is 2. The van der Waals surface area contributed by atoms with Gasteiger partial charge < -0.3 is 0 Å². The fraction of sp³-hybridized carbons (Fsp3) is 0.238. The van der Waals surface area contributed by atoms with Gasteiger partial charge in [0.05, 0.1) is 0 Å². The van der Waals surface area contributed by atoms with E-state index in [9.17, 15) is 5.11 Å². The van der Waals surface area contributed by atoms with Crippen LogP contribution in [0.25, 0.3) is 0 Å². The van der Waals surface area contributed by atoms with Crippen LogP contribution in [0.15, 0.2) is 48.5 Å². The van der Waals surface area contributed by atoms with Crippen molar-refractivity contribution in [2.24, 2.45) is 0 Å². The third-order valence-corrected chi connectivity index (χ3v) is 6.61. The van der Waals surface area contributed by atoms with Crippen LogP contribution in [0.1, 0.15) is 11.1 Å². The third-order valence-electron chi connectivity index (χ3n) is 3.27. The molecule has 0 aliphatic rings. The molecule has 0 spiro atoms. The first-order chi connectivity index (χ1) is 12.7. The van der Waals surface area contributed by atoms with Crippen LogP contribution in [0.2, 0.25) is 10.6 Å². The topological polar surface area (TPSA) is 38.7 Å². The summed E-state index contributed by atoms with van der Waals surface area (Å²) in [7, 11) is 3.29. The normalized spacial score (nSPS) is 9.69. The Labute approximate surface area is 167 Å². The minimum atomic E-state index is -0.315. The van der Waals surface area contributed by atoms with E-state index in [1.54, 1.807) is 14.2 Å². The van der Waals surface area contributed by atoms with Crippen LogP contribution in [0.5, 0.6) is 11.5 Å². The molecule has 0 aromatic heterocycles. The average molecular weight is 478 g/mol. The SMILES string of the molecule is COc1ccc(C#C[Se]CC(O)C[Se]C#Cc2ccc(OC)cc2)cc1. The van der Waals surface area contributed by atoms with Crippen molar-refractivity contribution >= 4 is 29.9 Å². The van der Waals surface area contributed by atoms with Gasteiger partial charge in [0.15, 0.2) is 0 Å². The minimum absolute atomic E-state index is 0.110. The van der Waals surface area contributed by atoms with E-state index in [1.165, 1.54) is 0 Å². The molecule has 1 N–H and O–H groups in total. The molecule has 0 unspecified atom stereocenters. The van der Waals surface area contributed by atoms with Crippen molar-refractivity contribution in [3.63, 3.8) is 0 Å². The molecule has 134 valence electrons. The molecule has 0 atom stereocenters. The van der Waals surface area contributed by atoms with Gasteiger partial charge in [-0.25, -0.2) is 0 Å². The first-order valence-electron chi connectivity index (χ1n) is 7.93. The van der Waals surface area contributed by atoms with Crippen LogP contribution < -0.4 is 9.47 Å². The zero-order chi connectivity index (χ0) is 18.6. The number of methoxy groups -OCH3 is 2. The molecule has 0 radical (unpaired) electrons. The van der Waals surface area contributed by atoms with Crippen molar-refractivity contribution in [2.45, 2.75) is 16.7 Å². The maximum atomic E-state index is 10.0. The summed E-state index contributed by atoms with van der Waals surface area (Å²) in [5, 5.41) is 11.5. The molecule has 2 rings (SSSR count). The Hall–Kier alpha value is -1.84. The molecule has 0 amide bonds. The van der Waals surface area contributed by atoms with Crippen molar-refractivity contribution in [2.75, 3.05) is 14.2 Å². The summed E-state index contributed by atoms with van der Waals surface area (Å²) in [6.45, 7) is 0. The van der Waals surface area contributed by atoms with Gasteiger partial charge in [0.2, 0.25) is 0 Å². The number of aliphatic hydroxyl groups is 1. The van der Waals surface area contributed by atoms with Crippen molar-refractivity contribution in [1.82, 2.24) is 0 Å². The number of hydrogen-bond donors (Lipinski definition) is 1. The van der Waals surface area contributed by atoms with Crippen LogP contribution in [0, 0.1) is 21.5 Å². The number of hydrogen-bond acceptors (Lipinski definition) is 3. The molecule has 2 aromatic carbocycles. The standard InChI is InChI=1S/C21H20O3Se2/c1-23-20-7-3-17(4-8-20)11-13-25-15-19(22)16-26-14-12-18-5-9-21(24-2)10-6-18/h3-10,19,22H,15-16H2,1-2H3. The van der Waals surface area contributed by atoms with E-state index in [4.69, 9.17) is 9.47 Å². The van der Waals surface area contributed by atoms with Gasteiger partial charge in [0.25, 0.3) is 0 Å². The van der Waals surface area contributed by atoms with E-state index in [1.807, 2.05) is 48.5 Å². The van der Waals surface area contributed by atoms with Gasteiger partial charge in [-0.05, 0) is 0 Å². The van der Waals surface area contributed by atoms with Crippen LogP contribution in [0.4, 0.5) is 0 Å². The van der Waals surface area contributed by atoms with E-state index >= 15 is 0 Å². The second-order valence-corrected chi connectivity index (χ2v) is 8.65. The van der Waals surface area contributed by atoms with Gasteiger partial charge in [-0.2, -0.15) is 0 Å². The Balaban J connectivity index is 1.68. The van der Waals surface area contributed by atoms with Crippen LogP contribution in [-0.4, -0.2) is 55.3 Å². The molecule has 0 saturated heterocycles. The van der Waals surface area contributed by atoms with Crippen molar-refractivity contribution in [3.8, 4) is 33.0 Å². The summed E-state index contributed by atoms with van der Waals surface area (Å²) in [6.07, 6.45) is -0.315. The molecule has 3 nitrogen and oxygen atoms in total. The van der Waals surface area contributed by atoms with E-state index in [0.29, 0.717) is 0 Å². The Bertz CT molecular complexity index is 724. The van der Waals surface area contributed by atoms with Crippen molar-refractivity contribution < 1.29 is 14.6 Å². The summed E-state index contributed by atoms with van der Waals surface area (Å²) in [5.74, 6) is 7.91. The molecule has 0 fully saturated rings. The first-order valence-corrected chi connectivity index (χ1v) is 12.1. The molecule has 0 aliphatic carbocycles. The molecule has 0 saturated carbocycles. The monoisotopic (exact) mass is 480 g/mol. The van der Waals surface area contributed by atoms with E-state index in [-0.39, 0.29) is 36.0 Å². The Morgan fingerprint density at radius 2 is 1.15 bits per heavy atom. The van der Waals surface area contributed by atoms with Gasteiger partial charge in [-0.1, -0.05) is 0 Å². The van der Waals surface area contributed by atoms with E-state index in [2.05, 4.69) is 21.5 Å². The Kier molecular flexibility index (Phi) is 9.22. The zero-order valence-electron chi connectivity index (χ0n) is 14.7. The third kappa shape index (κ3) is 7.59. The second kappa shape index (κ2) is 11.7. The van der Waals surface area contributed by atoms with Gasteiger partial charge in [0, 0.05) is 0 Å². The molecule has 0 bridgehead atoms. The number of aliphatic hydroxyl groups excluding tert-OH is 1. The Morgan fingerprint density at radius 3 is 1.50 bits per heavy atom. The molecule has 0 heterocycles. The zero-order valence-corrected chi connectivity index (χ0v) is 18.1. The molecular weight excluding hydrogens is 458 g/mol. The summed E-state index contributed by atoms with van der Waals surface area (Å²) >= 11 is 0.220. The number of ether oxygens (including phenoxy) is 2. The second-order valence-electron chi connectivity index (χ2n) is 5.19. The van der Waals surface area contributed by atoms with Crippen LogP contribution in [0.3, 0.4) is 0 Å². The van der Waals surface area contributed by atoms with Gasteiger partial charge in [-0.3, -0.25) is 0 Å². The predicted octanol–water partition coefficient (Wildman–Crippen LogP) is 2.63. The maximum absolute atomic E-state index is 10.0. The predicted molar refractivity (Wildman–Crippen MR) is 107 cm³/mol. The molecular formula is C21H20O3Se2. The van der Waals surface area contributed by atoms with Gasteiger partial charge in [-0.15, -0.1) is 0 Å². The van der Waals surface area contributed by atoms with Crippen LogP contribution in [-0.2, 0) is 0 Å². The average Bonchev–Trinajstić information content (AvgIpc) is 2.69. The molecule has 26 heavy (non-hydrogen) atoms.